The van der Waals surface area contributed by atoms with E-state index in [9.17, 15) is 9.59 Å². The summed E-state index contributed by atoms with van der Waals surface area (Å²) >= 11 is 1.61. The molecule has 5 heteroatoms. The molecule has 1 N–H and O–H groups in total. The van der Waals surface area contributed by atoms with Crippen LogP contribution >= 0.6 is 11.3 Å². The molecule has 20 heavy (non-hydrogen) atoms. The van der Waals surface area contributed by atoms with E-state index in [-0.39, 0.29) is 5.91 Å². The van der Waals surface area contributed by atoms with Crippen molar-refractivity contribution >= 4 is 23.2 Å². The lowest BCUT2D eigenvalue weighted by molar-refractivity contribution is -0.141. The molecule has 0 spiro atoms. The fourth-order valence-corrected chi connectivity index (χ4v) is 4.30. The maximum absolute atomic E-state index is 12.5. The number of nitrogens with zero attached hydrogens (tertiary/aromatic N) is 1. The smallest absolute Gasteiger partial charge is 0.308 e. The Hall–Kier alpha value is -1.36. The first-order valence-electron chi connectivity index (χ1n) is 7.29. The first-order chi connectivity index (χ1) is 9.65. The van der Waals surface area contributed by atoms with Crippen molar-refractivity contribution in [3.63, 3.8) is 0 Å². The average Bonchev–Trinajstić information content (AvgIpc) is 3.01. The zero-order chi connectivity index (χ0) is 14.1. The molecule has 0 bridgehead atoms. The van der Waals surface area contributed by atoms with Gasteiger partial charge in [-0.25, -0.2) is 0 Å². The van der Waals surface area contributed by atoms with Crippen LogP contribution in [-0.4, -0.2) is 35.0 Å². The molecule has 2 aliphatic rings. The topological polar surface area (TPSA) is 57.6 Å². The number of carbonyl (C=O) groups excluding carboxylic acids is 1. The quantitative estimate of drug-likeness (QED) is 0.853. The monoisotopic (exact) mass is 293 g/mol. The Morgan fingerprint density at radius 3 is 2.80 bits per heavy atom. The first kappa shape index (κ1) is 13.6. The Balaban J connectivity index is 1.73. The second-order valence-corrected chi connectivity index (χ2v) is 6.83. The highest BCUT2D eigenvalue weighted by atomic mass is 32.1. The molecule has 108 valence electrons. The summed E-state index contributed by atoms with van der Waals surface area (Å²) in [5.41, 5.74) is 1.34. The minimum atomic E-state index is -0.790. The summed E-state index contributed by atoms with van der Waals surface area (Å²) in [5, 5.41) is 9.01. The Bertz CT molecular complexity index is 514. The predicted molar refractivity (Wildman–Crippen MR) is 77.2 cm³/mol. The highest BCUT2D eigenvalue weighted by Gasteiger charge is 2.32. The van der Waals surface area contributed by atoms with Gasteiger partial charge in [0.05, 0.1) is 10.8 Å². The molecule has 0 radical (unpaired) electrons. The van der Waals surface area contributed by atoms with E-state index in [1.54, 1.807) is 16.2 Å². The van der Waals surface area contributed by atoms with Gasteiger partial charge >= 0.3 is 5.97 Å². The van der Waals surface area contributed by atoms with E-state index in [4.69, 9.17) is 5.11 Å². The summed E-state index contributed by atoms with van der Waals surface area (Å²) in [6.07, 6.45) is 6.44. The van der Waals surface area contributed by atoms with Crippen molar-refractivity contribution in [2.45, 2.75) is 38.5 Å². The van der Waals surface area contributed by atoms with E-state index in [1.807, 2.05) is 6.07 Å². The second kappa shape index (κ2) is 5.56. The number of likely N-dealkylation sites (tertiary alicyclic amines) is 1. The third kappa shape index (κ3) is 2.59. The Kier molecular flexibility index (Phi) is 3.78. The van der Waals surface area contributed by atoms with Crippen molar-refractivity contribution in [2.24, 2.45) is 5.92 Å². The van der Waals surface area contributed by atoms with E-state index >= 15 is 0 Å². The van der Waals surface area contributed by atoms with Crippen LogP contribution in [0.1, 0.15) is 45.8 Å². The summed E-state index contributed by atoms with van der Waals surface area (Å²) in [6.45, 7) is 0.926. The number of hydrogen-bond donors (Lipinski definition) is 1. The molecule has 3 rings (SSSR count). The number of fused-ring (bicyclic) bond motifs is 1. The lowest BCUT2D eigenvalue weighted by Gasteiger charge is -2.14. The summed E-state index contributed by atoms with van der Waals surface area (Å²) in [6, 6.07) is 2.04. The zero-order valence-electron chi connectivity index (χ0n) is 11.4. The van der Waals surface area contributed by atoms with Crippen molar-refractivity contribution in [3.05, 3.63) is 21.4 Å². The number of rotatable bonds is 2. The number of aryl methyl sites for hydroxylation is 2. The van der Waals surface area contributed by atoms with Gasteiger partial charge in [0.15, 0.2) is 0 Å². The summed E-state index contributed by atoms with van der Waals surface area (Å²) in [4.78, 5) is 27.3. The number of hydrogen-bond acceptors (Lipinski definition) is 3. The van der Waals surface area contributed by atoms with Gasteiger partial charge < -0.3 is 10.0 Å². The van der Waals surface area contributed by atoms with Crippen molar-refractivity contribution < 1.29 is 14.7 Å². The number of carboxylic acids is 1. The predicted octanol–water partition coefficient (Wildman–Crippen LogP) is 2.56. The average molecular weight is 293 g/mol. The molecule has 0 saturated carbocycles. The first-order valence-corrected chi connectivity index (χ1v) is 8.10. The molecule has 0 aromatic carbocycles. The van der Waals surface area contributed by atoms with Crippen LogP contribution in [0, 0.1) is 5.92 Å². The van der Waals surface area contributed by atoms with E-state index in [0.29, 0.717) is 19.5 Å². The number of amides is 1. The van der Waals surface area contributed by atoms with E-state index in [2.05, 4.69) is 0 Å². The molecular weight excluding hydrogens is 274 g/mol. The molecule has 1 atom stereocenters. The molecule has 1 fully saturated rings. The SMILES string of the molecule is O=C(O)C1CCN(C(=O)c2cc3c(s2)CCCCC3)C1. The van der Waals surface area contributed by atoms with Gasteiger partial charge in [-0.1, -0.05) is 6.42 Å². The van der Waals surface area contributed by atoms with Crippen LogP contribution in [0.15, 0.2) is 6.07 Å². The van der Waals surface area contributed by atoms with Crippen LogP contribution in [-0.2, 0) is 17.6 Å². The van der Waals surface area contributed by atoms with Gasteiger partial charge in [0.1, 0.15) is 0 Å². The van der Waals surface area contributed by atoms with Gasteiger partial charge in [-0.15, -0.1) is 11.3 Å². The van der Waals surface area contributed by atoms with E-state index in [0.717, 1.165) is 17.7 Å². The number of carbonyl (C=O) groups is 2. The van der Waals surface area contributed by atoms with Crippen LogP contribution in [0.3, 0.4) is 0 Å². The second-order valence-electron chi connectivity index (χ2n) is 5.69. The third-order valence-corrected chi connectivity index (χ3v) is 5.51. The molecule has 1 amide bonds. The Morgan fingerprint density at radius 2 is 2.05 bits per heavy atom. The molecular formula is C15H19NO3S. The standard InChI is InChI=1S/C15H19NO3S/c17-14(16-7-6-11(9-16)15(18)19)13-8-10-4-2-1-3-5-12(10)20-13/h8,11H,1-7,9H2,(H,18,19). The Labute approximate surface area is 122 Å². The molecule has 1 saturated heterocycles. The fourth-order valence-electron chi connectivity index (χ4n) is 3.07. The van der Waals surface area contributed by atoms with Crippen molar-refractivity contribution in [2.75, 3.05) is 13.1 Å². The number of aliphatic carboxylic acids is 1. The fraction of sp³-hybridized carbons (Fsp3) is 0.600. The van der Waals surface area contributed by atoms with Crippen LogP contribution in [0.5, 0.6) is 0 Å². The number of carboxylic acid groups (broad SMARTS) is 1. The minimum Gasteiger partial charge on any atom is -0.481 e. The lowest BCUT2D eigenvalue weighted by atomic mass is 10.1. The molecule has 1 aromatic heterocycles. The van der Waals surface area contributed by atoms with Crippen molar-refractivity contribution in [1.29, 1.82) is 0 Å². The molecule has 1 unspecified atom stereocenters. The maximum Gasteiger partial charge on any atom is 0.308 e. The van der Waals surface area contributed by atoms with Gasteiger partial charge in [0, 0.05) is 18.0 Å². The van der Waals surface area contributed by atoms with E-state index in [1.165, 1.54) is 29.7 Å². The van der Waals surface area contributed by atoms with Crippen LogP contribution in [0.4, 0.5) is 0 Å². The van der Waals surface area contributed by atoms with Crippen LogP contribution in [0.25, 0.3) is 0 Å². The highest BCUT2D eigenvalue weighted by Crippen LogP contribution is 2.30. The van der Waals surface area contributed by atoms with Gasteiger partial charge in [0.25, 0.3) is 5.91 Å². The molecule has 1 aliphatic heterocycles. The van der Waals surface area contributed by atoms with E-state index < -0.39 is 11.9 Å². The van der Waals surface area contributed by atoms with Gasteiger partial charge in [-0.2, -0.15) is 0 Å². The van der Waals surface area contributed by atoms with Crippen molar-refractivity contribution in [3.8, 4) is 0 Å². The van der Waals surface area contributed by atoms with Crippen LogP contribution < -0.4 is 0 Å². The number of thiophene rings is 1. The van der Waals surface area contributed by atoms with Gasteiger partial charge in [-0.3, -0.25) is 9.59 Å². The van der Waals surface area contributed by atoms with Crippen LogP contribution in [0.2, 0.25) is 0 Å². The maximum atomic E-state index is 12.5. The molecule has 1 aromatic rings. The molecule has 4 nitrogen and oxygen atoms in total. The summed E-state index contributed by atoms with van der Waals surface area (Å²) in [5.74, 6) is -1.16. The molecule has 1 aliphatic carbocycles. The highest BCUT2D eigenvalue weighted by molar-refractivity contribution is 7.14. The normalized spacial score (nSPS) is 22.4. The van der Waals surface area contributed by atoms with Crippen molar-refractivity contribution in [1.82, 2.24) is 4.90 Å². The summed E-state index contributed by atoms with van der Waals surface area (Å²) < 4.78 is 0. The zero-order valence-corrected chi connectivity index (χ0v) is 12.2. The molecule has 2 heterocycles. The Morgan fingerprint density at radius 1 is 1.25 bits per heavy atom. The summed E-state index contributed by atoms with van der Waals surface area (Å²) in [7, 11) is 0. The third-order valence-electron chi connectivity index (χ3n) is 4.28. The largest absolute Gasteiger partial charge is 0.481 e. The van der Waals surface area contributed by atoms with Gasteiger partial charge in [0.2, 0.25) is 0 Å². The minimum absolute atomic E-state index is 0.0202. The lowest BCUT2D eigenvalue weighted by Crippen LogP contribution is -2.29. The van der Waals surface area contributed by atoms with Gasteiger partial charge in [-0.05, 0) is 43.7 Å².